The van der Waals surface area contributed by atoms with Gasteiger partial charge in [-0.15, -0.1) is 0 Å². The van der Waals surface area contributed by atoms with Crippen molar-refractivity contribution in [3.63, 3.8) is 0 Å². The largest absolute Gasteiger partial charge is 0.395 e. The van der Waals surface area contributed by atoms with Crippen LogP contribution in [0.5, 0.6) is 0 Å². The molecule has 21 heavy (non-hydrogen) atoms. The molecule has 2 N–H and O–H groups in total. The van der Waals surface area contributed by atoms with Gasteiger partial charge in [0.05, 0.1) is 6.61 Å². The van der Waals surface area contributed by atoms with Crippen LogP contribution in [-0.4, -0.2) is 42.3 Å². The highest BCUT2D eigenvalue weighted by atomic mass is 35.5. The first-order valence-electron chi connectivity index (χ1n) is 8.08. The standard InChI is InChI=1S/C17H27ClN2O/c1-2-9-19-17(14-4-3-5-15(18)13-14)8-10-20(11-12-21)16-6-7-16/h3-5,13,16-17,19,21H,2,6-12H2,1H3. The number of benzene rings is 1. The Bertz CT molecular complexity index is 423. The summed E-state index contributed by atoms with van der Waals surface area (Å²) in [5.41, 5.74) is 1.26. The molecular formula is C17H27ClN2O. The molecule has 118 valence electrons. The molecule has 1 atom stereocenters. The van der Waals surface area contributed by atoms with Crippen LogP contribution in [0, 0.1) is 0 Å². The number of aliphatic hydroxyl groups is 1. The molecule has 0 aliphatic heterocycles. The van der Waals surface area contributed by atoms with Gasteiger partial charge in [-0.2, -0.15) is 0 Å². The van der Waals surface area contributed by atoms with Gasteiger partial charge in [0.25, 0.3) is 0 Å². The summed E-state index contributed by atoms with van der Waals surface area (Å²) in [6.45, 7) is 5.27. The predicted molar refractivity (Wildman–Crippen MR) is 88.8 cm³/mol. The van der Waals surface area contributed by atoms with Crippen LogP contribution in [0.2, 0.25) is 5.02 Å². The van der Waals surface area contributed by atoms with E-state index >= 15 is 0 Å². The van der Waals surface area contributed by atoms with Crippen molar-refractivity contribution in [1.29, 1.82) is 0 Å². The zero-order valence-corrected chi connectivity index (χ0v) is 13.6. The third-order valence-electron chi connectivity index (χ3n) is 4.05. The van der Waals surface area contributed by atoms with Crippen LogP contribution in [0.15, 0.2) is 24.3 Å². The van der Waals surface area contributed by atoms with E-state index in [1.807, 2.05) is 12.1 Å². The monoisotopic (exact) mass is 310 g/mol. The molecule has 2 rings (SSSR count). The minimum Gasteiger partial charge on any atom is -0.395 e. The zero-order chi connectivity index (χ0) is 15.1. The lowest BCUT2D eigenvalue weighted by molar-refractivity contribution is 0.182. The Morgan fingerprint density at radius 3 is 2.81 bits per heavy atom. The summed E-state index contributed by atoms with van der Waals surface area (Å²) < 4.78 is 0. The second-order valence-electron chi connectivity index (χ2n) is 5.84. The summed E-state index contributed by atoms with van der Waals surface area (Å²) in [5, 5.41) is 13.6. The van der Waals surface area contributed by atoms with Crippen molar-refractivity contribution in [2.24, 2.45) is 0 Å². The first kappa shape index (κ1) is 16.8. The van der Waals surface area contributed by atoms with Crippen molar-refractivity contribution in [1.82, 2.24) is 10.2 Å². The number of nitrogens with zero attached hydrogens (tertiary/aromatic N) is 1. The summed E-state index contributed by atoms with van der Waals surface area (Å²) in [7, 11) is 0. The fourth-order valence-corrected chi connectivity index (χ4v) is 2.97. The molecule has 0 amide bonds. The summed E-state index contributed by atoms with van der Waals surface area (Å²) in [6, 6.07) is 9.18. The summed E-state index contributed by atoms with van der Waals surface area (Å²) in [6.07, 6.45) is 4.74. The Labute approximate surface area is 133 Å². The third kappa shape index (κ3) is 5.59. The van der Waals surface area contributed by atoms with Gasteiger partial charge in [0.2, 0.25) is 0 Å². The average molecular weight is 311 g/mol. The van der Waals surface area contributed by atoms with Crippen LogP contribution in [0.25, 0.3) is 0 Å². The van der Waals surface area contributed by atoms with Gasteiger partial charge < -0.3 is 10.4 Å². The Kier molecular flexibility index (Phi) is 6.97. The highest BCUT2D eigenvalue weighted by molar-refractivity contribution is 6.30. The predicted octanol–water partition coefficient (Wildman–Crippen LogP) is 3.23. The van der Waals surface area contributed by atoms with E-state index in [4.69, 9.17) is 11.6 Å². The van der Waals surface area contributed by atoms with E-state index in [0.717, 1.165) is 37.5 Å². The van der Waals surface area contributed by atoms with E-state index in [2.05, 4.69) is 29.3 Å². The molecule has 1 aromatic rings. The number of hydrogen-bond donors (Lipinski definition) is 2. The quantitative estimate of drug-likeness (QED) is 0.696. The SMILES string of the molecule is CCCNC(CCN(CCO)C1CC1)c1cccc(Cl)c1. The van der Waals surface area contributed by atoms with Crippen molar-refractivity contribution in [2.75, 3.05) is 26.2 Å². The van der Waals surface area contributed by atoms with Gasteiger partial charge in [-0.05, 0) is 49.9 Å². The van der Waals surface area contributed by atoms with Gasteiger partial charge >= 0.3 is 0 Å². The lowest BCUT2D eigenvalue weighted by Gasteiger charge is -2.25. The number of hydrogen-bond acceptors (Lipinski definition) is 3. The Morgan fingerprint density at radius 1 is 1.38 bits per heavy atom. The minimum absolute atomic E-state index is 0.251. The van der Waals surface area contributed by atoms with E-state index < -0.39 is 0 Å². The maximum atomic E-state index is 9.20. The van der Waals surface area contributed by atoms with E-state index in [-0.39, 0.29) is 6.61 Å². The average Bonchev–Trinajstić information content (AvgIpc) is 3.30. The highest BCUT2D eigenvalue weighted by Crippen LogP contribution is 2.28. The number of aliphatic hydroxyl groups excluding tert-OH is 1. The van der Waals surface area contributed by atoms with Gasteiger partial charge in [-0.3, -0.25) is 4.90 Å². The van der Waals surface area contributed by atoms with Gasteiger partial charge in [0.15, 0.2) is 0 Å². The molecule has 1 aliphatic rings. The summed E-state index contributed by atoms with van der Waals surface area (Å²) in [5.74, 6) is 0. The van der Waals surface area contributed by atoms with Gasteiger partial charge in [0.1, 0.15) is 0 Å². The molecule has 0 aromatic heterocycles. The second kappa shape index (κ2) is 8.74. The van der Waals surface area contributed by atoms with Crippen LogP contribution in [-0.2, 0) is 0 Å². The van der Waals surface area contributed by atoms with E-state index in [0.29, 0.717) is 12.1 Å². The summed E-state index contributed by atoms with van der Waals surface area (Å²) in [4.78, 5) is 2.42. The molecule has 1 saturated carbocycles. The highest BCUT2D eigenvalue weighted by Gasteiger charge is 2.28. The fraction of sp³-hybridized carbons (Fsp3) is 0.647. The van der Waals surface area contributed by atoms with Gasteiger partial charge in [0, 0.05) is 30.2 Å². The van der Waals surface area contributed by atoms with Crippen LogP contribution >= 0.6 is 11.6 Å². The Hall–Kier alpha value is -0.610. The molecule has 0 radical (unpaired) electrons. The normalized spacial score (nSPS) is 16.4. The van der Waals surface area contributed by atoms with Crippen molar-refractivity contribution in [2.45, 2.75) is 44.7 Å². The fourth-order valence-electron chi connectivity index (χ4n) is 2.77. The van der Waals surface area contributed by atoms with Crippen molar-refractivity contribution in [3.05, 3.63) is 34.9 Å². The van der Waals surface area contributed by atoms with Crippen LogP contribution in [0.3, 0.4) is 0 Å². The van der Waals surface area contributed by atoms with E-state index in [1.54, 1.807) is 0 Å². The van der Waals surface area contributed by atoms with Crippen LogP contribution in [0.4, 0.5) is 0 Å². The molecule has 1 aliphatic carbocycles. The van der Waals surface area contributed by atoms with Gasteiger partial charge in [-0.25, -0.2) is 0 Å². The number of nitrogens with one attached hydrogen (secondary N) is 1. The topological polar surface area (TPSA) is 35.5 Å². The third-order valence-corrected chi connectivity index (χ3v) is 4.28. The molecule has 0 heterocycles. The number of rotatable bonds is 10. The molecule has 1 fully saturated rings. The first-order valence-corrected chi connectivity index (χ1v) is 8.46. The smallest absolute Gasteiger partial charge is 0.0558 e. The summed E-state index contributed by atoms with van der Waals surface area (Å²) >= 11 is 6.12. The molecule has 0 bridgehead atoms. The zero-order valence-electron chi connectivity index (χ0n) is 12.9. The van der Waals surface area contributed by atoms with Crippen molar-refractivity contribution < 1.29 is 5.11 Å². The van der Waals surface area contributed by atoms with Crippen LogP contribution in [0.1, 0.15) is 44.2 Å². The Balaban J connectivity index is 1.95. The lowest BCUT2D eigenvalue weighted by Crippen LogP contribution is -2.33. The maximum absolute atomic E-state index is 9.20. The second-order valence-corrected chi connectivity index (χ2v) is 6.28. The molecule has 1 aromatic carbocycles. The molecule has 0 saturated heterocycles. The van der Waals surface area contributed by atoms with Crippen molar-refractivity contribution in [3.8, 4) is 0 Å². The van der Waals surface area contributed by atoms with E-state index in [9.17, 15) is 5.11 Å². The molecular weight excluding hydrogens is 284 g/mol. The number of halogens is 1. The molecule has 3 nitrogen and oxygen atoms in total. The first-order chi connectivity index (χ1) is 10.2. The Morgan fingerprint density at radius 2 is 2.19 bits per heavy atom. The van der Waals surface area contributed by atoms with E-state index in [1.165, 1.54) is 18.4 Å². The lowest BCUT2D eigenvalue weighted by atomic mass is 10.0. The molecule has 4 heteroatoms. The van der Waals surface area contributed by atoms with Crippen molar-refractivity contribution >= 4 is 11.6 Å². The molecule has 1 unspecified atom stereocenters. The molecule has 0 spiro atoms. The van der Waals surface area contributed by atoms with Crippen LogP contribution < -0.4 is 5.32 Å². The van der Waals surface area contributed by atoms with Gasteiger partial charge in [-0.1, -0.05) is 30.7 Å². The minimum atomic E-state index is 0.251. The maximum Gasteiger partial charge on any atom is 0.0558 e.